The summed E-state index contributed by atoms with van der Waals surface area (Å²) < 4.78 is 22.1. The number of hydrogen-bond donors (Lipinski definition) is 1. The minimum absolute atomic E-state index is 0.00772. The van der Waals surface area contributed by atoms with Crippen molar-refractivity contribution in [3.05, 3.63) is 28.3 Å². The van der Waals surface area contributed by atoms with E-state index in [9.17, 15) is 8.42 Å². The van der Waals surface area contributed by atoms with E-state index in [-0.39, 0.29) is 9.92 Å². The average Bonchev–Trinajstić information content (AvgIpc) is 1.94. The van der Waals surface area contributed by atoms with Crippen molar-refractivity contribution in [1.29, 1.82) is 0 Å². The highest BCUT2D eigenvalue weighted by Crippen LogP contribution is 2.25. The van der Waals surface area contributed by atoms with Gasteiger partial charge >= 0.3 is 0 Å². The minimum atomic E-state index is -3.71. The van der Waals surface area contributed by atoms with E-state index < -0.39 is 10.0 Å². The zero-order valence-corrected chi connectivity index (χ0v) is 8.91. The number of hydrogen-bond acceptors (Lipinski definition) is 2. The molecule has 0 spiro atoms. The topological polar surface area (TPSA) is 60.2 Å². The second-order valence-electron chi connectivity index (χ2n) is 2.94. The Balaban J connectivity index is 3.56. The molecule has 1 aromatic carbocycles. The molecule has 0 aliphatic carbocycles. The quantitative estimate of drug-likeness (QED) is 0.780. The van der Waals surface area contributed by atoms with Gasteiger partial charge in [0.2, 0.25) is 10.0 Å². The second kappa shape index (κ2) is 3.29. The first-order chi connectivity index (χ1) is 5.82. The Morgan fingerprint density at radius 1 is 1.31 bits per heavy atom. The zero-order chi connectivity index (χ0) is 10.2. The van der Waals surface area contributed by atoms with Crippen molar-refractivity contribution in [2.75, 3.05) is 0 Å². The molecule has 0 atom stereocenters. The molecule has 5 heteroatoms. The molecule has 72 valence electrons. The molecule has 2 N–H and O–H groups in total. The molecule has 0 amide bonds. The Bertz CT molecular complexity index is 440. The summed E-state index contributed by atoms with van der Waals surface area (Å²) in [6, 6.07) is 3.27. The SMILES string of the molecule is Cc1cc(C)c(Cl)c(S(N)(=O)=O)c1. The summed E-state index contributed by atoms with van der Waals surface area (Å²) in [6.45, 7) is 3.53. The first-order valence-corrected chi connectivity index (χ1v) is 5.54. The van der Waals surface area contributed by atoms with Crippen molar-refractivity contribution >= 4 is 21.6 Å². The smallest absolute Gasteiger partial charge is 0.225 e. The standard InChI is InChI=1S/C8H10ClNO2S/c1-5-3-6(2)8(9)7(4-5)13(10,11)12/h3-4H,1-2H3,(H2,10,11,12). The van der Waals surface area contributed by atoms with Crippen molar-refractivity contribution in [2.45, 2.75) is 18.7 Å². The molecule has 0 aromatic heterocycles. The van der Waals surface area contributed by atoms with Crippen LogP contribution in [0.2, 0.25) is 5.02 Å². The van der Waals surface area contributed by atoms with E-state index in [2.05, 4.69) is 0 Å². The summed E-state index contributed by atoms with van der Waals surface area (Å²) in [5.41, 5.74) is 1.54. The predicted octanol–water partition coefficient (Wildman–Crippen LogP) is 1.60. The molecule has 0 aliphatic heterocycles. The summed E-state index contributed by atoms with van der Waals surface area (Å²) in [6.07, 6.45) is 0. The van der Waals surface area contributed by atoms with E-state index in [0.717, 1.165) is 5.56 Å². The van der Waals surface area contributed by atoms with E-state index >= 15 is 0 Å². The number of benzene rings is 1. The second-order valence-corrected chi connectivity index (χ2v) is 4.85. The van der Waals surface area contributed by atoms with Gasteiger partial charge in [0.25, 0.3) is 0 Å². The summed E-state index contributed by atoms with van der Waals surface area (Å²) in [4.78, 5) is -0.00772. The van der Waals surface area contributed by atoms with Crippen LogP contribution in [0.4, 0.5) is 0 Å². The monoisotopic (exact) mass is 219 g/mol. The molecule has 13 heavy (non-hydrogen) atoms. The number of sulfonamides is 1. The van der Waals surface area contributed by atoms with Crippen molar-refractivity contribution in [2.24, 2.45) is 5.14 Å². The van der Waals surface area contributed by atoms with Crippen LogP contribution in [-0.4, -0.2) is 8.42 Å². The van der Waals surface area contributed by atoms with Crippen LogP contribution in [0, 0.1) is 13.8 Å². The van der Waals surface area contributed by atoms with Gasteiger partial charge in [0.1, 0.15) is 4.90 Å². The van der Waals surface area contributed by atoms with Crippen molar-refractivity contribution in [3.63, 3.8) is 0 Å². The number of nitrogens with two attached hydrogens (primary N) is 1. The van der Waals surface area contributed by atoms with Crippen LogP contribution in [-0.2, 0) is 10.0 Å². The van der Waals surface area contributed by atoms with Crippen molar-refractivity contribution < 1.29 is 8.42 Å². The van der Waals surface area contributed by atoms with Crippen LogP contribution in [0.1, 0.15) is 11.1 Å². The molecule has 0 bridgehead atoms. The summed E-state index contributed by atoms with van der Waals surface area (Å²) in [5.74, 6) is 0. The molecule has 3 nitrogen and oxygen atoms in total. The largest absolute Gasteiger partial charge is 0.239 e. The molecule has 0 unspecified atom stereocenters. The number of primary sulfonamides is 1. The van der Waals surface area contributed by atoms with Crippen LogP contribution in [0.5, 0.6) is 0 Å². The van der Waals surface area contributed by atoms with Gasteiger partial charge < -0.3 is 0 Å². The van der Waals surface area contributed by atoms with Gasteiger partial charge in [-0.3, -0.25) is 0 Å². The highest BCUT2D eigenvalue weighted by Gasteiger charge is 2.14. The van der Waals surface area contributed by atoms with E-state index in [1.165, 1.54) is 6.07 Å². The van der Waals surface area contributed by atoms with Gasteiger partial charge in [-0.05, 0) is 31.0 Å². The van der Waals surface area contributed by atoms with Gasteiger partial charge in [0.05, 0.1) is 5.02 Å². The lowest BCUT2D eigenvalue weighted by Crippen LogP contribution is -2.13. The summed E-state index contributed by atoms with van der Waals surface area (Å²) >= 11 is 5.79. The first kappa shape index (κ1) is 10.5. The molecule has 0 saturated heterocycles. The van der Waals surface area contributed by atoms with Crippen LogP contribution >= 0.6 is 11.6 Å². The van der Waals surface area contributed by atoms with E-state index in [1.807, 2.05) is 0 Å². The highest BCUT2D eigenvalue weighted by atomic mass is 35.5. The maximum Gasteiger partial charge on any atom is 0.239 e. The van der Waals surface area contributed by atoms with Crippen LogP contribution in [0.3, 0.4) is 0 Å². The van der Waals surface area contributed by atoms with Gasteiger partial charge in [-0.15, -0.1) is 0 Å². The van der Waals surface area contributed by atoms with Gasteiger partial charge in [0, 0.05) is 0 Å². The van der Waals surface area contributed by atoms with Crippen LogP contribution in [0.25, 0.3) is 0 Å². The molecule has 0 saturated carbocycles. The van der Waals surface area contributed by atoms with Gasteiger partial charge in [-0.2, -0.15) is 0 Å². The van der Waals surface area contributed by atoms with Crippen molar-refractivity contribution in [3.8, 4) is 0 Å². The fourth-order valence-electron chi connectivity index (χ4n) is 1.12. The van der Waals surface area contributed by atoms with E-state index in [1.54, 1.807) is 19.9 Å². The highest BCUT2D eigenvalue weighted by molar-refractivity contribution is 7.89. The van der Waals surface area contributed by atoms with Gasteiger partial charge in [-0.1, -0.05) is 17.7 Å². The number of aryl methyl sites for hydroxylation is 2. The maximum atomic E-state index is 11.1. The fourth-order valence-corrected chi connectivity index (χ4v) is 2.31. The Hall–Kier alpha value is -0.580. The van der Waals surface area contributed by atoms with Crippen molar-refractivity contribution in [1.82, 2.24) is 0 Å². The molecule has 0 fully saturated rings. The lowest BCUT2D eigenvalue weighted by atomic mass is 10.2. The predicted molar refractivity (Wildman–Crippen MR) is 52.3 cm³/mol. The van der Waals surface area contributed by atoms with Crippen LogP contribution < -0.4 is 5.14 Å². The van der Waals surface area contributed by atoms with Crippen LogP contribution in [0.15, 0.2) is 17.0 Å². The molecular weight excluding hydrogens is 210 g/mol. The number of halogens is 1. The average molecular weight is 220 g/mol. The normalized spacial score (nSPS) is 11.7. The lowest BCUT2D eigenvalue weighted by Gasteiger charge is -2.05. The third-order valence-electron chi connectivity index (χ3n) is 1.67. The molecule has 0 aliphatic rings. The Kier molecular flexibility index (Phi) is 2.66. The Morgan fingerprint density at radius 2 is 1.85 bits per heavy atom. The molecule has 1 aromatic rings. The molecule has 0 heterocycles. The number of rotatable bonds is 1. The summed E-state index contributed by atoms with van der Waals surface area (Å²) in [5, 5.41) is 5.19. The minimum Gasteiger partial charge on any atom is -0.225 e. The molecule has 1 rings (SSSR count). The zero-order valence-electron chi connectivity index (χ0n) is 7.33. The molecular formula is C8H10ClNO2S. The van der Waals surface area contributed by atoms with E-state index in [4.69, 9.17) is 16.7 Å². The third kappa shape index (κ3) is 2.21. The summed E-state index contributed by atoms with van der Waals surface area (Å²) in [7, 11) is -3.71. The fraction of sp³-hybridized carbons (Fsp3) is 0.250. The Morgan fingerprint density at radius 3 is 2.31 bits per heavy atom. The third-order valence-corrected chi connectivity index (χ3v) is 3.22. The lowest BCUT2D eigenvalue weighted by molar-refractivity contribution is 0.597. The maximum absolute atomic E-state index is 11.1. The Labute approximate surface area is 82.6 Å². The van der Waals surface area contributed by atoms with Gasteiger partial charge in [0.15, 0.2) is 0 Å². The first-order valence-electron chi connectivity index (χ1n) is 3.62. The van der Waals surface area contributed by atoms with Gasteiger partial charge in [-0.25, -0.2) is 13.6 Å². The molecule has 0 radical (unpaired) electrons. The van der Waals surface area contributed by atoms with E-state index in [0.29, 0.717) is 5.56 Å².